The topological polar surface area (TPSA) is 61.3 Å². The van der Waals surface area contributed by atoms with Crippen LogP contribution < -0.4 is 10.2 Å². The number of hydrogen-bond acceptors (Lipinski definition) is 5. The van der Waals surface area contributed by atoms with E-state index in [4.69, 9.17) is 0 Å². The molecule has 3 atom stereocenters. The van der Waals surface area contributed by atoms with Crippen molar-refractivity contribution in [2.75, 3.05) is 30.4 Å². The molecule has 1 saturated carbocycles. The second-order valence-corrected chi connectivity index (χ2v) is 6.24. The quantitative estimate of drug-likeness (QED) is 0.893. The Bertz CT molecular complexity index is 526. The predicted octanol–water partition coefficient (Wildman–Crippen LogP) is 2.03. The average molecular weight is 294 g/mol. The van der Waals surface area contributed by atoms with Crippen molar-refractivity contribution < 1.29 is 9.50 Å². The van der Waals surface area contributed by atoms with Crippen LogP contribution in [0.4, 0.5) is 16.2 Å². The molecule has 1 aromatic rings. The normalized spacial score (nSPS) is 32.1. The highest BCUT2D eigenvalue weighted by Crippen LogP contribution is 2.44. The van der Waals surface area contributed by atoms with Crippen molar-refractivity contribution in [3.8, 4) is 0 Å². The van der Waals surface area contributed by atoms with Gasteiger partial charge in [-0.15, -0.1) is 0 Å². The molecule has 0 spiro atoms. The Morgan fingerprint density at radius 2 is 2.33 bits per heavy atom. The van der Waals surface area contributed by atoms with Crippen molar-refractivity contribution in [2.45, 2.75) is 38.2 Å². The molecule has 0 radical (unpaired) electrons. The summed E-state index contributed by atoms with van der Waals surface area (Å²) in [5, 5.41) is 13.6. The van der Waals surface area contributed by atoms with Gasteiger partial charge in [-0.05, 0) is 25.2 Å². The number of nitrogens with one attached hydrogen (secondary N) is 1. The molecular formula is C15H23FN4O. The molecule has 1 aliphatic heterocycles. The van der Waals surface area contributed by atoms with E-state index in [1.807, 2.05) is 0 Å². The highest BCUT2D eigenvalue weighted by Gasteiger charge is 2.48. The van der Waals surface area contributed by atoms with E-state index in [0.29, 0.717) is 11.9 Å². The number of rotatable bonds is 3. The fourth-order valence-corrected chi connectivity index (χ4v) is 3.92. The lowest BCUT2D eigenvalue weighted by Crippen LogP contribution is -2.44. The summed E-state index contributed by atoms with van der Waals surface area (Å²) in [6.07, 6.45) is 5.09. The molecule has 0 amide bonds. The van der Waals surface area contributed by atoms with Crippen molar-refractivity contribution in [1.82, 2.24) is 9.97 Å². The minimum Gasteiger partial charge on any atom is -0.390 e. The SMILES string of the molecule is CC[C@@]1(O)CCC[C@@H]2CN(c3ncc(F)c(NC)n3)C[C@@H]21. The smallest absolute Gasteiger partial charge is 0.227 e. The maximum atomic E-state index is 13.5. The molecule has 5 nitrogen and oxygen atoms in total. The lowest BCUT2D eigenvalue weighted by Gasteiger charge is -2.40. The maximum absolute atomic E-state index is 13.5. The summed E-state index contributed by atoms with van der Waals surface area (Å²) in [6.45, 7) is 3.66. The summed E-state index contributed by atoms with van der Waals surface area (Å²) < 4.78 is 13.5. The van der Waals surface area contributed by atoms with Gasteiger partial charge in [0.05, 0.1) is 11.8 Å². The molecule has 1 saturated heterocycles. The first-order valence-corrected chi connectivity index (χ1v) is 7.75. The highest BCUT2D eigenvalue weighted by atomic mass is 19.1. The van der Waals surface area contributed by atoms with E-state index in [2.05, 4.69) is 27.1 Å². The third-order valence-electron chi connectivity index (χ3n) is 5.18. The van der Waals surface area contributed by atoms with Crippen LogP contribution in [0.15, 0.2) is 6.20 Å². The van der Waals surface area contributed by atoms with E-state index in [1.165, 1.54) is 6.20 Å². The van der Waals surface area contributed by atoms with E-state index in [1.54, 1.807) is 7.05 Å². The van der Waals surface area contributed by atoms with Crippen LogP contribution in [0.1, 0.15) is 32.6 Å². The van der Waals surface area contributed by atoms with Gasteiger partial charge in [-0.2, -0.15) is 4.98 Å². The summed E-state index contributed by atoms with van der Waals surface area (Å²) in [5.41, 5.74) is -0.566. The fraction of sp³-hybridized carbons (Fsp3) is 0.733. The van der Waals surface area contributed by atoms with E-state index >= 15 is 0 Å². The van der Waals surface area contributed by atoms with E-state index in [0.717, 1.165) is 38.8 Å². The van der Waals surface area contributed by atoms with Crippen LogP contribution in [-0.4, -0.2) is 40.8 Å². The zero-order chi connectivity index (χ0) is 15.0. The molecular weight excluding hydrogens is 271 g/mol. The average Bonchev–Trinajstić information content (AvgIpc) is 2.93. The van der Waals surface area contributed by atoms with Crippen LogP contribution in [-0.2, 0) is 0 Å². The highest BCUT2D eigenvalue weighted by molar-refractivity contribution is 5.43. The van der Waals surface area contributed by atoms with Crippen LogP contribution in [0, 0.1) is 17.7 Å². The van der Waals surface area contributed by atoms with Gasteiger partial charge in [-0.1, -0.05) is 13.3 Å². The fourth-order valence-electron chi connectivity index (χ4n) is 3.92. The molecule has 1 aromatic heterocycles. The number of nitrogens with zero attached hydrogens (tertiary/aromatic N) is 3. The Balaban J connectivity index is 1.83. The van der Waals surface area contributed by atoms with Crippen LogP contribution in [0.5, 0.6) is 0 Å². The lowest BCUT2D eigenvalue weighted by atomic mass is 9.69. The Morgan fingerprint density at radius 3 is 3.05 bits per heavy atom. The van der Waals surface area contributed by atoms with Gasteiger partial charge in [0, 0.05) is 26.1 Å². The summed E-state index contributed by atoms with van der Waals surface area (Å²) in [4.78, 5) is 10.5. The van der Waals surface area contributed by atoms with Gasteiger partial charge in [0.15, 0.2) is 11.6 Å². The molecule has 3 rings (SSSR count). The van der Waals surface area contributed by atoms with E-state index in [-0.39, 0.29) is 11.7 Å². The molecule has 0 bridgehead atoms. The number of hydrogen-bond donors (Lipinski definition) is 2. The Labute approximate surface area is 124 Å². The summed E-state index contributed by atoms with van der Waals surface area (Å²) in [5.74, 6) is 1.08. The molecule has 2 aliphatic rings. The molecule has 2 fully saturated rings. The zero-order valence-electron chi connectivity index (χ0n) is 12.6. The van der Waals surface area contributed by atoms with Gasteiger partial charge >= 0.3 is 0 Å². The molecule has 21 heavy (non-hydrogen) atoms. The van der Waals surface area contributed by atoms with E-state index in [9.17, 15) is 9.50 Å². The number of aromatic nitrogens is 2. The van der Waals surface area contributed by atoms with Gasteiger partial charge in [0.1, 0.15) is 0 Å². The van der Waals surface area contributed by atoms with Crippen molar-refractivity contribution in [2.24, 2.45) is 11.8 Å². The van der Waals surface area contributed by atoms with Crippen LogP contribution in [0.3, 0.4) is 0 Å². The Hall–Kier alpha value is -1.43. The largest absolute Gasteiger partial charge is 0.390 e. The standard InChI is InChI=1S/C15H23FN4O/c1-3-15(21)6-4-5-10-8-20(9-11(10)15)14-18-7-12(16)13(17-2)19-14/h7,10-11,21H,3-6,8-9H2,1-2H3,(H,17,18,19)/t10-,11+,15-/m1/s1. The Kier molecular flexibility index (Phi) is 3.73. The minimum absolute atomic E-state index is 0.223. The molecule has 116 valence electrons. The number of aliphatic hydroxyl groups is 1. The second kappa shape index (κ2) is 5.40. The van der Waals surface area contributed by atoms with E-state index < -0.39 is 11.4 Å². The van der Waals surface area contributed by atoms with Crippen molar-refractivity contribution in [3.63, 3.8) is 0 Å². The first-order valence-electron chi connectivity index (χ1n) is 7.75. The second-order valence-electron chi connectivity index (χ2n) is 6.24. The van der Waals surface area contributed by atoms with Gasteiger partial charge in [0.2, 0.25) is 5.95 Å². The summed E-state index contributed by atoms with van der Waals surface area (Å²) >= 11 is 0. The number of halogens is 1. The molecule has 2 heterocycles. The lowest BCUT2D eigenvalue weighted by molar-refractivity contribution is -0.0597. The number of fused-ring (bicyclic) bond motifs is 1. The van der Waals surface area contributed by atoms with Crippen molar-refractivity contribution in [3.05, 3.63) is 12.0 Å². The predicted molar refractivity (Wildman–Crippen MR) is 79.8 cm³/mol. The van der Waals surface area contributed by atoms with Gasteiger partial charge < -0.3 is 15.3 Å². The molecule has 2 N–H and O–H groups in total. The monoisotopic (exact) mass is 294 g/mol. The summed E-state index contributed by atoms with van der Waals surface area (Å²) in [6, 6.07) is 0. The van der Waals surface area contributed by atoms with Crippen molar-refractivity contribution >= 4 is 11.8 Å². The van der Waals surface area contributed by atoms with Crippen LogP contribution >= 0.6 is 0 Å². The number of anilines is 2. The van der Waals surface area contributed by atoms with Crippen molar-refractivity contribution in [1.29, 1.82) is 0 Å². The third kappa shape index (κ3) is 2.46. The molecule has 0 aromatic carbocycles. The minimum atomic E-state index is -0.566. The first-order chi connectivity index (χ1) is 10.1. The molecule has 6 heteroatoms. The van der Waals surface area contributed by atoms with Gasteiger partial charge in [-0.3, -0.25) is 0 Å². The Morgan fingerprint density at radius 1 is 1.52 bits per heavy atom. The first kappa shape index (κ1) is 14.5. The van der Waals surface area contributed by atoms with Gasteiger partial charge in [-0.25, -0.2) is 9.37 Å². The van der Waals surface area contributed by atoms with Crippen LogP contribution in [0.2, 0.25) is 0 Å². The maximum Gasteiger partial charge on any atom is 0.227 e. The molecule has 0 unspecified atom stereocenters. The zero-order valence-corrected chi connectivity index (χ0v) is 12.6. The summed E-state index contributed by atoms with van der Waals surface area (Å²) in [7, 11) is 1.65. The van der Waals surface area contributed by atoms with Crippen LogP contribution in [0.25, 0.3) is 0 Å². The molecule has 1 aliphatic carbocycles. The third-order valence-corrected chi connectivity index (χ3v) is 5.18. The van der Waals surface area contributed by atoms with Gasteiger partial charge in [0.25, 0.3) is 0 Å².